The van der Waals surface area contributed by atoms with Gasteiger partial charge in [0.15, 0.2) is 0 Å². The molecule has 2 saturated carbocycles. The molecule has 0 aromatic carbocycles. The second-order valence-electron chi connectivity index (χ2n) is 6.08. The van der Waals surface area contributed by atoms with Crippen LogP contribution in [0.25, 0.3) is 0 Å². The number of hydrogen-bond donors (Lipinski definition) is 1. The topological polar surface area (TPSA) is 32.3 Å². The third-order valence-corrected chi connectivity index (χ3v) is 4.65. The molecule has 0 aromatic rings. The van der Waals surface area contributed by atoms with Crippen LogP contribution in [0.5, 0.6) is 0 Å². The lowest BCUT2D eigenvalue weighted by Gasteiger charge is -2.36. The van der Waals surface area contributed by atoms with Crippen LogP contribution < -0.4 is 5.32 Å². The van der Waals surface area contributed by atoms with Gasteiger partial charge in [-0.1, -0.05) is 6.42 Å². The molecule has 2 aliphatic carbocycles. The molecule has 96 valence electrons. The molecule has 3 aliphatic rings. The molecule has 0 aromatic heterocycles. The summed E-state index contributed by atoms with van der Waals surface area (Å²) in [6.45, 7) is 3.18. The maximum atomic E-state index is 12.1. The number of piperidine rings is 1. The van der Waals surface area contributed by atoms with Crippen molar-refractivity contribution in [1.82, 2.24) is 10.2 Å². The van der Waals surface area contributed by atoms with E-state index >= 15 is 0 Å². The first-order valence-electron chi connectivity index (χ1n) is 7.35. The van der Waals surface area contributed by atoms with E-state index in [1.54, 1.807) is 0 Å². The molecular formula is C14H24N2O. The minimum atomic E-state index is 0.381. The highest BCUT2D eigenvalue weighted by Gasteiger charge is 2.31. The SMILES string of the molecule is O=C(C1CCC1)N1CCC(NCC2CC2)CC1. The Morgan fingerprint density at radius 2 is 1.76 bits per heavy atom. The summed E-state index contributed by atoms with van der Waals surface area (Å²) in [7, 11) is 0. The van der Waals surface area contributed by atoms with Crippen LogP contribution >= 0.6 is 0 Å². The van der Waals surface area contributed by atoms with E-state index in [1.165, 1.54) is 25.8 Å². The van der Waals surface area contributed by atoms with Crippen molar-refractivity contribution in [2.24, 2.45) is 11.8 Å². The van der Waals surface area contributed by atoms with Crippen LogP contribution in [0.1, 0.15) is 44.9 Å². The molecule has 0 bridgehead atoms. The molecule has 0 spiro atoms. The van der Waals surface area contributed by atoms with Crippen molar-refractivity contribution < 1.29 is 4.79 Å². The summed E-state index contributed by atoms with van der Waals surface area (Å²) >= 11 is 0. The first-order valence-corrected chi connectivity index (χ1v) is 7.35. The highest BCUT2D eigenvalue weighted by atomic mass is 16.2. The van der Waals surface area contributed by atoms with Crippen molar-refractivity contribution in [3.8, 4) is 0 Å². The number of amides is 1. The van der Waals surface area contributed by atoms with Crippen LogP contribution in [0.4, 0.5) is 0 Å². The van der Waals surface area contributed by atoms with Gasteiger partial charge in [0.1, 0.15) is 0 Å². The molecule has 0 radical (unpaired) electrons. The number of rotatable bonds is 4. The lowest BCUT2D eigenvalue weighted by molar-refractivity contribution is -0.139. The minimum absolute atomic E-state index is 0.381. The second kappa shape index (κ2) is 4.97. The number of carbonyl (C=O) groups is 1. The van der Waals surface area contributed by atoms with Gasteiger partial charge in [-0.3, -0.25) is 4.79 Å². The zero-order valence-electron chi connectivity index (χ0n) is 10.7. The molecule has 3 fully saturated rings. The average molecular weight is 236 g/mol. The van der Waals surface area contributed by atoms with Gasteiger partial charge in [0.05, 0.1) is 0 Å². The lowest BCUT2D eigenvalue weighted by atomic mass is 9.84. The summed E-state index contributed by atoms with van der Waals surface area (Å²) in [4.78, 5) is 14.2. The second-order valence-corrected chi connectivity index (χ2v) is 6.08. The van der Waals surface area contributed by atoms with Crippen LogP contribution in [0.2, 0.25) is 0 Å². The predicted molar refractivity (Wildman–Crippen MR) is 67.7 cm³/mol. The van der Waals surface area contributed by atoms with Gasteiger partial charge in [-0.05, 0) is 51.0 Å². The first kappa shape index (κ1) is 11.5. The van der Waals surface area contributed by atoms with E-state index in [9.17, 15) is 4.79 Å². The van der Waals surface area contributed by atoms with Gasteiger partial charge in [-0.15, -0.1) is 0 Å². The molecule has 0 unspecified atom stereocenters. The fourth-order valence-corrected chi connectivity index (χ4v) is 2.87. The monoisotopic (exact) mass is 236 g/mol. The van der Waals surface area contributed by atoms with Crippen molar-refractivity contribution in [3.05, 3.63) is 0 Å². The standard InChI is InChI=1S/C14H24N2O/c17-14(12-2-1-3-12)16-8-6-13(7-9-16)15-10-11-4-5-11/h11-13,15H,1-10H2. The average Bonchev–Trinajstić information content (AvgIpc) is 3.08. The van der Waals surface area contributed by atoms with Crippen molar-refractivity contribution in [2.45, 2.75) is 51.0 Å². The fraction of sp³-hybridized carbons (Fsp3) is 0.929. The van der Waals surface area contributed by atoms with Gasteiger partial charge in [-0.2, -0.15) is 0 Å². The van der Waals surface area contributed by atoms with Gasteiger partial charge >= 0.3 is 0 Å². The summed E-state index contributed by atoms with van der Waals surface area (Å²) in [5.41, 5.74) is 0. The number of likely N-dealkylation sites (tertiary alicyclic amines) is 1. The lowest BCUT2D eigenvalue weighted by Crippen LogP contribution is -2.48. The minimum Gasteiger partial charge on any atom is -0.342 e. The number of nitrogens with zero attached hydrogens (tertiary/aromatic N) is 1. The molecule has 1 N–H and O–H groups in total. The summed E-state index contributed by atoms with van der Waals surface area (Å²) in [6, 6.07) is 0.668. The Kier molecular flexibility index (Phi) is 3.37. The van der Waals surface area contributed by atoms with Crippen LogP contribution in [0.15, 0.2) is 0 Å². The van der Waals surface area contributed by atoms with Crippen molar-refractivity contribution in [2.75, 3.05) is 19.6 Å². The van der Waals surface area contributed by atoms with E-state index < -0.39 is 0 Å². The molecule has 1 amide bonds. The fourth-order valence-electron chi connectivity index (χ4n) is 2.87. The number of carbonyl (C=O) groups excluding carboxylic acids is 1. The van der Waals surface area contributed by atoms with Crippen LogP contribution in [-0.4, -0.2) is 36.5 Å². The Morgan fingerprint density at radius 1 is 1.06 bits per heavy atom. The molecule has 0 atom stereocenters. The smallest absolute Gasteiger partial charge is 0.225 e. The van der Waals surface area contributed by atoms with Crippen LogP contribution in [-0.2, 0) is 4.79 Å². The summed E-state index contributed by atoms with van der Waals surface area (Å²) in [6.07, 6.45) is 8.70. The summed E-state index contributed by atoms with van der Waals surface area (Å²) in [5.74, 6) is 1.78. The Bertz CT molecular complexity index is 276. The van der Waals surface area contributed by atoms with E-state index in [0.717, 1.165) is 44.7 Å². The van der Waals surface area contributed by atoms with E-state index in [4.69, 9.17) is 0 Å². The van der Waals surface area contributed by atoms with Crippen molar-refractivity contribution in [1.29, 1.82) is 0 Å². The maximum Gasteiger partial charge on any atom is 0.225 e. The third kappa shape index (κ3) is 2.82. The summed E-state index contributed by atoms with van der Waals surface area (Å²) in [5, 5.41) is 3.66. The maximum absolute atomic E-state index is 12.1. The molecule has 1 saturated heterocycles. The van der Waals surface area contributed by atoms with E-state index in [1.807, 2.05) is 0 Å². The third-order valence-electron chi connectivity index (χ3n) is 4.65. The molecule has 1 aliphatic heterocycles. The largest absolute Gasteiger partial charge is 0.342 e. The van der Waals surface area contributed by atoms with Crippen LogP contribution in [0.3, 0.4) is 0 Å². The molecule has 3 rings (SSSR count). The number of hydrogen-bond acceptors (Lipinski definition) is 2. The molecule has 3 heteroatoms. The first-order chi connectivity index (χ1) is 8.33. The van der Waals surface area contributed by atoms with Gasteiger partial charge in [0.2, 0.25) is 5.91 Å². The van der Waals surface area contributed by atoms with E-state index in [0.29, 0.717) is 17.9 Å². The van der Waals surface area contributed by atoms with Crippen molar-refractivity contribution in [3.63, 3.8) is 0 Å². The van der Waals surface area contributed by atoms with Gasteiger partial charge in [-0.25, -0.2) is 0 Å². The van der Waals surface area contributed by atoms with Gasteiger partial charge in [0, 0.05) is 25.0 Å². The molecule has 3 nitrogen and oxygen atoms in total. The molecular weight excluding hydrogens is 212 g/mol. The zero-order chi connectivity index (χ0) is 11.7. The van der Waals surface area contributed by atoms with Gasteiger partial charge < -0.3 is 10.2 Å². The normalized spacial score (nSPS) is 26.9. The number of nitrogens with one attached hydrogen (secondary N) is 1. The Balaban J connectivity index is 1.38. The van der Waals surface area contributed by atoms with Gasteiger partial charge in [0.25, 0.3) is 0 Å². The van der Waals surface area contributed by atoms with E-state index in [2.05, 4.69) is 10.2 Å². The highest BCUT2D eigenvalue weighted by Crippen LogP contribution is 2.30. The Hall–Kier alpha value is -0.570. The quantitative estimate of drug-likeness (QED) is 0.807. The molecule has 1 heterocycles. The Morgan fingerprint density at radius 3 is 2.29 bits per heavy atom. The highest BCUT2D eigenvalue weighted by molar-refractivity contribution is 5.79. The predicted octanol–water partition coefficient (Wildman–Crippen LogP) is 1.78. The van der Waals surface area contributed by atoms with Crippen molar-refractivity contribution >= 4 is 5.91 Å². The van der Waals surface area contributed by atoms with E-state index in [-0.39, 0.29) is 0 Å². The summed E-state index contributed by atoms with van der Waals surface area (Å²) < 4.78 is 0. The zero-order valence-corrected chi connectivity index (χ0v) is 10.7. The molecule has 17 heavy (non-hydrogen) atoms. The Labute approximate surface area is 104 Å². The van der Waals surface area contributed by atoms with Crippen LogP contribution in [0, 0.1) is 11.8 Å².